The zero-order chi connectivity index (χ0) is 15.4. The Kier molecular flexibility index (Phi) is 6.49. The molecule has 1 aliphatic heterocycles. The van der Waals surface area contributed by atoms with E-state index in [1.54, 1.807) is 0 Å². The van der Waals surface area contributed by atoms with E-state index in [2.05, 4.69) is 58.8 Å². The molecule has 1 saturated heterocycles. The molecule has 0 aromatic carbocycles. The van der Waals surface area contributed by atoms with Gasteiger partial charge in [0.1, 0.15) is 0 Å². The number of hydrogen-bond acceptors (Lipinski definition) is 3. The van der Waals surface area contributed by atoms with E-state index in [0.29, 0.717) is 6.04 Å². The lowest BCUT2D eigenvalue weighted by atomic mass is 9.85. The number of nitrogens with zero attached hydrogens (tertiary/aromatic N) is 1. The Balaban J connectivity index is 2.57. The first-order valence-electron chi connectivity index (χ1n) is 8.17. The van der Waals surface area contributed by atoms with Crippen LogP contribution in [0.1, 0.15) is 54.4 Å². The van der Waals surface area contributed by atoms with Gasteiger partial charge in [0.15, 0.2) is 0 Å². The molecule has 0 saturated carbocycles. The van der Waals surface area contributed by atoms with Gasteiger partial charge >= 0.3 is 0 Å². The first kappa shape index (κ1) is 17.9. The summed E-state index contributed by atoms with van der Waals surface area (Å²) in [7, 11) is 2.27. The summed E-state index contributed by atoms with van der Waals surface area (Å²) in [4.78, 5) is 2.53. The van der Waals surface area contributed by atoms with Crippen molar-refractivity contribution < 1.29 is 4.74 Å². The normalized spacial score (nSPS) is 25.6. The van der Waals surface area contributed by atoms with Gasteiger partial charge in [-0.2, -0.15) is 0 Å². The number of nitrogens with one attached hydrogen (secondary N) is 1. The van der Waals surface area contributed by atoms with Gasteiger partial charge in [0.05, 0.1) is 6.61 Å². The molecule has 0 radical (unpaired) electrons. The van der Waals surface area contributed by atoms with Gasteiger partial charge in [-0.05, 0) is 53.5 Å². The van der Waals surface area contributed by atoms with Crippen molar-refractivity contribution >= 4 is 0 Å². The Morgan fingerprint density at radius 2 is 1.90 bits per heavy atom. The Bertz CT molecular complexity index is 277. The quantitative estimate of drug-likeness (QED) is 0.777. The van der Waals surface area contributed by atoms with Crippen molar-refractivity contribution in [2.75, 3.05) is 33.4 Å². The molecule has 0 aromatic heterocycles. The smallest absolute Gasteiger partial charge is 0.0547 e. The third kappa shape index (κ3) is 6.11. The van der Waals surface area contributed by atoms with Crippen LogP contribution in [0.3, 0.4) is 0 Å². The van der Waals surface area contributed by atoms with Gasteiger partial charge in [0.25, 0.3) is 0 Å². The molecule has 1 aliphatic rings. The zero-order valence-electron chi connectivity index (χ0n) is 14.8. The summed E-state index contributed by atoms with van der Waals surface area (Å²) in [5.41, 5.74) is 0.463. The average molecular weight is 284 g/mol. The van der Waals surface area contributed by atoms with Crippen molar-refractivity contribution in [1.29, 1.82) is 0 Å². The van der Waals surface area contributed by atoms with Crippen LogP contribution in [0.15, 0.2) is 0 Å². The lowest BCUT2D eigenvalue weighted by Gasteiger charge is -2.38. The summed E-state index contributed by atoms with van der Waals surface area (Å²) in [5, 5.41) is 3.68. The minimum Gasteiger partial charge on any atom is -0.381 e. The van der Waals surface area contributed by atoms with Crippen LogP contribution in [0.2, 0.25) is 0 Å². The molecular formula is C17H36N2O. The minimum absolute atomic E-state index is 0.178. The van der Waals surface area contributed by atoms with Gasteiger partial charge < -0.3 is 15.0 Å². The highest BCUT2D eigenvalue weighted by atomic mass is 16.5. The Morgan fingerprint density at radius 3 is 2.35 bits per heavy atom. The average Bonchev–Trinajstić information content (AvgIpc) is 2.74. The van der Waals surface area contributed by atoms with Crippen LogP contribution in [-0.4, -0.2) is 49.8 Å². The van der Waals surface area contributed by atoms with Crippen molar-refractivity contribution in [1.82, 2.24) is 10.2 Å². The number of ether oxygens (including phenoxy) is 1. The highest BCUT2D eigenvalue weighted by Crippen LogP contribution is 2.30. The van der Waals surface area contributed by atoms with E-state index in [0.717, 1.165) is 32.2 Å². The number of hydrogen-bond donors (Lipinski definition) is 1. The second kappa shape index (κ2) is 7.24. The monoisotopic (exact) mass is 284 g/mol. The SMILES string of the molecule is CC(C)CC(C)N(C)CC1(CNC(C)(C)C)CCOC1. The van der Waals surface area contributed by atoms with Crippen LogP contribution in [0.4, 0.5) is 0 Å². The second-order valence-corrected chi connectivity index (χ2v) is 8.30. The molecule has 0 aliphatic carbocycles. The fourth-order valence-corrected chi connectivity index (χ4v) is 2.97. The summed E-state index contributed by atoms with van der Waals surface area (Å²) >= 11 is 0. The van der Waals surface area contributed by atoms with Crippen LogP contribution in [0.25, 0.3) is 0 Å². The lowest BCUT2D eigenvalue weighted by molar-refractivity contribution is 0.0940. The molecule has 1 N–H and O–H groups in total. The molecule has 2 unspecified atom stereocenters. The van der Waals surface area contributed by atoms with Crippen molar-refractivity contribution in [2.24, 2.45) is 11.3 Å². The fourth-order valence-electron chi connectivity index (χ4n) is 2.97. The van der Waals surface area contributed by atoms with E-state index in [4.69, 9.17) is 4.74 Å². The first-order valence-corrected chi connectivity index (χ1v) is 8.17. The first-order chi connectivity index (χ1) is 9.14. The third-order valence-corrected chi connectivity index (χ3v) is 4.33. The molecule has 2 atom stereocenters. The third-order valence-electron chi connectivity index (χ3n) is 4.33. The maximum absolute atomic E-state index is 5.72. The van der Waals surface area contributed by atoms with Gasteiger partial charge in [-0.3, -0.25) is 0 Å². The second-order valence-electron chi connectivity index (χ2n) is 8.30. The van der Waals surface area contributed by atoms with Crippen LogP contribution in [-0.2, 0) is 4.74 Å². The van der Waals surface area contributed by atoms with Crippen molar-refractivity contribution in [3.63, 3.8) is 0 Å². The Labute approximate surface area is 126 Å². The van der Waals surface area contributed by atoms with Gasteiger partial charge in [-0.15, -0.1) is 0 Å². The maximum Gasteiger partial charge on any atom is 0.0547 e. The molecule has 0 spiro atoms. The highest BCUT2D eigenvalue weighted by Gasteiger charge is 2.37. The molecule has 1 rings (SSSR count). The van der Waals surface area contributed by atoms with E-state index in [-0.39, 0.29) is 11.0 Å². The molecule has 0 bridgehead atoms. The predicted molar refractivity (Wildman–Crippen MR) is 87.2 cm³/mol. The van der Waals surface area contributed by atoms with E-state index < -0.39 is 0 Å². The molecular weight excluding hydrogens is 248 g/mol. The van der Waals surface area contributed by atoms with E-state index in [1.807, 2.05) is 0 Å². The maximum atomic E-state index is 5.72. The molecule has 120 valence electrons. The molecule has 0 amide bonds. The van der Waals surface area contributed by atoms with E-state index >= 15 is 0 Å². The Hall–Kier alpha value is -0.120. The highest BCUT2D eigenvalue weighted by molar-refractivity contribution is 4.90. The van der Waals surface area contributed by atoms with Gasteiger partial charge in [0.2, 0.25) is 0 Å². The topological polar surface area (TPSA) is 24.5 Å². The van der Waals surface area contributed by atoms with Gasteiger partial charge in [-0.25, -0.2) is 0 Å². The number of rotatable bonds is 7. The molecule has 20 heavy (non-hydrogen) atoms. The van der Waals surface area contributed by atoms with Crippen molar-refractivity contribution in [3.05, 3.63) is 0 Å². The van der Waals surface area contributed by atoms with Gasteiger partial charge in [-0.1, -0.05) is 13.8 Å². The Morgan fingerprint density at radius 1 is 1.25 bits per heavy atom. The molecule has 3 heteroatoms. The van der Waals surface area contributed by atoms with Crippen LogP contribution < -0.4 is 5.32 Å². The standard InChI is InChI=1S/C17H36N2O/c1-14(2)10-15(3)19(7)12-17(8-9-20-13-17)11-18-16(4,5)6/h14-15,18H,8-13H2,1-7H3. The summed E-state index contributed by atoms with van der Waals surface area (Å²) in [6.45, 7) is 17.7. The van der Waals surface area contributed by atoms with E-state index in [9.17, 15) is 0 Å². The molecule has 1 fully saturated rings. The molecule has 3 nitrogen and oxygen atoms in total. The molecule has 0 aromatic rings. The van der Waals surface area contributed by atoms with Crippen LogP contribution in [0.5, 0.6) is 0 Å². The lowest BCUT2D eigenvalue weighted by Crippen LogP contribution is -2.50. The predicted octanol–water partition coefficient (Wildman–Crippen LogP) is 3.15. The van der Waals surface area contributed by atoms with Crippen molar-refractivity contribution in [2.45, 2.75) is 66.0 Å². The summed E-state index contributed by atoms with van der Waals surface area (Å²) in [6, 6.07) is 0.641. The zero-order valence-corrected chi connectivity index (χ0v) is 14.8. The van der Waals surface area contributed by atoms with Crippen LogP contribution >= 0.6 is 0 Å². The van der Waals surface area contributed by atoms with Crippen LogP contribution in [0, 0.1) is 11.3 Å². The minimum atomic E-state index is 0.178. The largest absolute Gasteiger partial charge is 0.381 e. The van der Waals surface area contributed by atoms with Crippen molar-refractivity contribution in [3.8, 4) is 0 Å². The van der Waals surface area contributed by atoms with E-state index in [1.165, 1.54) is 12.8 Å². The molecule has 1 heterocycles. The fraction of sp³-hybridized carbons (Fsp3) is 1.00. The summed E-state index contributed by atoms with van der Waals surface area (Å²) < 4.78 is 5.72. The summed E-state index contributed by atoms with van der Waals surface area (Å²) in [6.07, 6.45) is 2.44. The summed E-state index contributed by atoms with van der Waals surface area (Å²) in [5.74, 6) is 0.760. The van der Waals surface area contributed by atoms with Gasteiger partial charge in [0, 0.05) is 36.7 Å².